The smallest absolute Gasteiger partial charge is 0.261 e. The zero-order valence-corrected chi connectivity index (χ0v) is 11.0. The first-order valence-electron chi connectivity index (χ1n) is 5.28. The Labute approximate surface area is 104 Å². The minimum atomic E-state index is 0.0346. The summed E-state index contributed by atoms with van der Waals surface area (Å²) in [7, 11) is 0. The zero-order chi connectivity index (χ0) is 11.5. The Balaban J connectivity index is 2.06. The van der Waals surface area contributed by atoms with Crippen molar-refractivity contribution in [2.45, 2.75) is 19.1 Å². The first-order chi connectivity index (χ1) is 7.66. The molecule has 1 aliphatic heterocycles. The molecule has 1 aliphatic rings. The summed E-state index contributed by atoms with van der Waals surface area (Å²) in [4.78, 5) is 14.0. The molecule has 0 spiro atoms. The summed E-state index contributed by atoms with van der Waals surface area (Å²) in [6.45, 7) is 6.25. The van der Waals surface area contributed by atoms with E-state index in [9.17, 15) is 4.79 Å². The van der Waals surface area contributed by atoms with Crippen molar-refractivity contribution in [2.24, 2.45) is 0 Å². The van der Waals surface area contributed by atoms with Gasteiger partial charge in [0.25, 0.3) is 5.91 Å². The lowest BCUT2D eigenvalue weighted by atomic mass is 10.2. The number of fused-ring (bicyclic) bond motifs is 1. The van der Waals surface area contributed by atoms with Gasteiger partial charge >= 0.3 is 0 Å². The van der Waals surface area contributed by atoms with Crippen LogP contribution in [-0.2, 0) is 12.2 Å². The van der Waals surface area contributed by atoms with Crippen LogP contribution >= 0.6 is 23.1 Å². The average Bonchev–Trinajstić information content (AvgIpc) is 2.69. The maximum Gasteiger partial charge on any atom is 0.261 e. The maximum absolute atomic E-state index is 11.8. The van der Waals surface area contributed by atoms with Crippen molar-refractivity contribution in [1.29, 1.82) is 0 Å². The van der Waals surface area contributed by atoms with Gasteiger partial charge in [-0.15, -0.1) is 11.3 Å². The normalized spacial score (nSPS) is 14.3. The van der Waals surface area contributed by atoms with E-state index in [-0.39, 0.29) is 5.91 Å². The highest BCUT2D eigenvalue weighted by atomic mass is 32.2. The van der Waals surface area contributed by atoms with Gasteiger partial charge in [0, 0.05) is 17.2 Å². The molecule has 4 heteroatoms. The van der Waals surface area contributed by atoms with Crippen molar-refractivity contribution >= 4 is 29.0 Å². The molecule has 2 heterocycles. The van der Waals surface area contributed by atoms with Crippen LogP contribution in [0.5, 0.6) is 0 Å². The first kappa shape index (κ1) is 11.7. The molecule has 1 aromatic rings. The molecule has 0 unspecified atom stereocenters. The minimum Gasteiger partial charge on any atom is -0.348 e. The summed E-state index contributed by atoms with van der Waals surface area (Å²) < 4.78 is 0. The van der Waals surface area contributed by atoms with E-state index < -0.39 is 0 Å². The number of amides is 1. The highest BCUT2D eigenvalue weighted by Crippen LogP contribution is 2.31. The first-order valence-corrected chi connectivity index (χ1v) is 7.26. The number of thioether (sulfide) groups is 1. The number of hydrogen-bond donors (Lipinski definition) is 1. The zero-order valence-electron chi connectivity index (χ0n) is 9.34. The molecule has 0 fully saturated rings. The molecule has 1 amide bonds. The highest BCUT2D eigenvalue weighted by molar-refractivity contribution is 7.98. The predicted octanol–water partition coefficient (Wildman–Crippen LogP) is 2.84. The van der Waals surface area contributed by atoms with Crippen LogP contribution in [0.2, 0.25) is 0 Å². The van der Waals surface area contributed by atoms with Crippen LogP contribution in [0.4, 0.5) is 0 Å². The number of aryl methyl sites for hydroxylation is 1. The van der Waals surface area contributed by atoms with Crippen molar-refractivity contribution in [3.05, 3.63) is 33.5 Å². The van der Waals surface area contributed by atoms with Gasteiger partial charge in [0.1, 0.15) is 0 Å². The molecule has 0 bridgehead atoms. The molecule has 86 valence electrons. The lowest BCUT2D eigenvalue weighted by molar-refractivity contribution is 0.0961. The highest BCUT2D eigenvalue weighted by Gasteiger charge is 2.16. The maximum atomic E-state index is 11.8. The molecule has 0 saturated heterocycles. The van der Waals surface area contributed by atoms with E-state index in [0.717, 1.165) is 22.6 Å². The van der Waals surface area contributed by atoms with Gasteiger partial charge in [-0.1, -0.05) is 12.2 Å². The van der Waals surface area contributed by atoms with Gasteiger partial charge in [-0.25, -0.2) is 0 Å². The topological polar surface area (TPSA) is 29.1 Å². The van der Waals surface area contributed by atoms with Crippen LogP contribution in [0.3, 0.4) is 0 Å². The molecule has 0 saturated carbocycles. The fourth-order valence-electron chi connectivity index (χ4n) is 1.58. The Hall–Kier alpha value is -0.740. The minimum absolute atomic E-state index is 0.0346. The second-order valence-electron chi connectivity index (χ2n) is 4.00. The van der Waals surface area contributed by atoms with Gasteiger partial charge in [-0.2, -0.15) is 11.8 Å². The van der Waals surface area contributed by atoms with Crippen LogP contribution in [0.15, 0.2) is 18.2 Å². The molecule has 0 aliphatic carbocycles. The van der Waals surface area contributed by atoms with Gasteiger partial charge in [0.2, 0.25) is 0 Å². The average molecular weight is 253 g/mol. The predicted molar refractivity (Wildman–Crippen MR) is 71.3 cm³/mol. The largest absolute Gasteiger partial charge is 0.348 e. The van der Waals surface area contributed by atoms with E-state index in [2.05, 4.69) is 11.9 Å². The van der Waals surface area contributed by atoms with Gasteiger partial charge in [0.05, 0.1) is 4.88 Å². The summed E-state index contributed by atoms with van der Waals surface area (Å²) in [6, 6.07) is 2.04. The van der Waals surface area contributed by atoms with Crippen molar-refractivity contribution in [2.75, 3.05) is 12.3 Å². The summed E-state index contributed by atoms with van der Waals surface area (Å²) in [5.74, 6) is 2.27. The third-order valence-corrected chi connectivity index (χ3v) is 4.65. The molecule has 16 heavy (non-hydrogen) atoms. The fourth-order valence-corrected chi connectivity index (χ4v) is 3.87. The molecule has 1 aromatic heterocycles. The summed E-state index contributed by atoms with van der Waals surface area (Å²) in [5, 5.41) is 2.87. The SMILES string of the molecule is C=C(C)CNC(=O)c1cc2c(s1)CCSC2. The standard InChI is InChI=1S/C12H15NOS2/c1-8(2)6-13-12(14)11-5-9-7-15-4-3-10(9)16-11/h5H,1,3-4,6-7H2,2H3,(H,13,14). The van der Waals surface area contributed by atoms with Crippen LogP contribution < -0.4 is 5.32 Å². The quantitative estimate of drug-likeness (QED) is 0.839. The summed E-state index contributed by atoms with van der Waals surface area (Å²) in [5.41, 5.74) is 2.33. The second-order valence-corrected chi connectivity index (χ2v) is 6.24. The molecule has 2 rings (SSSR count). The molecular weight excluding hydrogens is 238 g/mol. The van der Waals surface area contributed by atoms with Gasteiger partial charge in [-0.3, -0.25) is 4.79 Å². The second kappa shape index (κ2) is 5.06. The monoisotopic (exact) mass is 253 g/mol. The lowest BCUT2D eigenvalue weighted by Crippen LogP contribution is -2.23. The fraction of sp³-hybridized carbons (Fsp3) is 0.417. The lowest BCUT2D eigenvalue weighted by Gasteiger charge is -2.08. The Morgan fingerprint density at radius 2 is 2.44 bits per heavy atom. The van der Waals surface area contributed by atoms with Crippen LogP contribution in [-0.4, -0.2) is 18.2 Å². The van der Waals surface area contributed by atoms with E-state index in [4.69, 9.17) is 0 Å². The third kappa shape index (κ3) is 2.68. The third-order valence-electron chi connectivity index (χ3n) is 2.40. The molecule has 1 N–H and O–H groups in total. The number of nitrogens with one attached hydrogen (secondary N) is 1. The molecule has 2 nitrogen and oxygen atoms in total. The van der Waals surface area contributed by atoms with Crippen molar-refractivity contribution < 1.29 is 4.79 Å². The Morgan fingerprint density at radius 3 is 3.12 bits per heavy atom. The Morgan fingerprint density at radius 1 is 1.62 bits per heavy atom. The molecule has 0 radical (unpaired) electrons. The number of thiophene rings is 1. The molecule has 0 aromatic carbocycles. The van der Waals surface area contributed by atoms with E-state index in [1.54, 1.807) is 11.3 Å². The Bertz CT molecular complexity index is 399. The van der Waals surface area contributed by atoms with E-state index >= 15 is 0 Å². The van der Waals surface area contributed by atoms with Gasteiger partial charge in [0.15, 0.2) is 0 Å². The van der Waals surface area contributed by atoms with Crippen LogP contribution in [0.1, 0.15) is 27.0 Å². The van der Waals surface area contributed by atoms with E-state index in [0.29, 0.717) is 6.54 Å². The van der Waals surface area contributed by atoms with Crippen LogP contribution in [0.25, 0.3) is 0 Å². The van der Waals surface area contributed by atoms with E-state index in [1.165, 1.54) is 16.2 Å². The number of hydrogen-bond acceptors (Lipinski definition) is 3. The number of carbonyl (C=O) groups excluding carboxylic acids is 1. The van der Waals surface area contributed by atoms with Crippen molar-refractivity contribution in [1.82, 2.24) is 5.32 Å². The summed E-state index contributed by atoms with van der Waals surface area (Å²) in [6.07, 6.45) is 1.11. The molecular formula is C12H15NOS2. The molecule has 0 atom stereocenters. The van der Waals surface area contributed by atoms with E-state index in [1.807, 2.05) is 24.8 Å². The van der Waals surface area contributed by atoms with Crippen molar-refractivity contribution in [3.63, 3.8) is 0 Å². The Kier molecular flexibility index (Phi) is 3.71. The van der Waals surface area contributed by atoms with Crippen LogP contribution in [0, 0.1) is 0 Å². The van der Waals surface area contributed by atoms with Gasteiger partial charge < -0.3 is 5.32 Å². The number of rotatable bonds is 3. The number of carbonyl (C=O) groups is 1. The van der Waals surface area contributed by atoms with Gasteiger partial charge in [-0.05, 0) is 30.7 Å². The van der Waals surface area contributed by atoms with Crippen molar-refractivity contribution in [3.8, 4) is 0 Å². The summed E-state index contributed by atoms with van der Waals surface area (Å²) >= 11 is 3.58.